The molecule has 2 N–H and O–H groups in total. The molecule has 1 amide bonds. The maximum absolute atomic E-state index is 11.9. The molecule has 110 valence electrons. The summed E-state index contributed by atoms with van der Waals surface area (Å²) in [7, 11) is 0. The lowest BCUT2D eigenvalue weighted by Gasteiger charge is -2.19. The van der Waals surface area contributed by atoms with E-state index in [0.717, 1.165) is 18.7 Å². The first kappa shape index (κ1) is 13.8. The minimum atomic E-state index is 0.0120. The second kappa shape index (κ2) is 6.54. The quantitative estimate of drug-likeness (QED) is 0.881. The van der Waals surface area contributed by atoms with E-state index in [0.29, 0.717) is 18.9 Å². The molecular weight excluding hydrogens is 266 g/mol. The molecule has 1 aromatic heterocycles. The number of ether oxygens (including phenoxy) is 1. The molecule has 0 spiro atoms. The van der Waals surface area contributed by atoms with Gasteiger partial charge in [-0.05, 0) is 18.1 Å². The van der Waals surface area contributed by atoms with Crippen molar-refractivity contribution in [3.05, 3.63) is 53.9 Å². The summed E-state index contributed by atoms with van der Waals surface area (Å²) >= 11 is 0. The van der Waals surface area contributed by atoms with Crippen LogP contribution in [0.15, 0.2) is 42.6 Å². The third kappa shape index (κ3) is 3.49. The molecule has 0 aliphatic carbocycles. The lowest BCUT2D eigenvalue weighted by atomic mass is 9.95. The number of carbonyl (C=O) groups excluding carboxylic acids is 1. The molecule has 21 heavy (non-hydrogen) atoms. The number of amides is 1. The van der Waals surface area contributed by atoms with Gasteiger partial charge in [-0.25, -0.2) is 0 Å². The van der Waals surface area contributed by atoms with E-state index in [1.54, 1.807) is 6.20 Å². The minimum absolute atomic E-state index is 0.0120. The van der Waals surface area contributed by atoms with Crippen molar-refractivity contribution < 1.29 is 9.53 Å². The first-order valence-electron chi connectivity index (χ1n) is 7.24. The summed E-state index contributed by atoms with van der Waals surface area (Å²) < 4.78 is 5.82. The Morgan fingerprint density at radius 3 is 2.95 bits per heavy atom. The largest absolute Gasteiger partial charge is 0.373 e. The average molecular weight is 285 g/mol. The summed E-state index contributed by atoms with van der Waals surface area (Å²) in [4.78, 5) is 11.9. The van der Waals surface area contributed by atoms with Crippen LogP contribution < -0.4 is 5.32 Å². The van der Waals surface area contributed by atoms with Crippen molar-refractivity contribution in [2.45, 2.75) is 18.9 Å². The molecule has 2 atom stereocenters. The van der Waals surface area contributed by atoms with Crippen molar-refractivity contribution in [3.8, 4) is 0 Å². The smallest absolute Gasteiger partial charge is 0.226 e. The number of nitrogens with one attached hydrogen (secondary N) is 2. The Labute approximate surface area is 123 Å². The molecule has 0 saturated carbocycles. The van der Waals surface area contributed by atoms with Crippen molar-refractivity contribution in [2.75, 3.05) is 13.2 Å². The summed E-state index contributed by atoms with van der Waals surface area (Å²) in [5.41, 5.74) is 2.01. The van der Waals surface area contributed by atoms with E-state index >= 15 is 0 Å². The van der Waals surface area contributed by atoms with Gasteiger partial charge in [-0.2, -0.15) is 5.10 Å². The summed E-state index contributed by atoms with van der Waals surface area (Å²) in [5.74, 6) is 0.344. The minimum Gasteiger partial charge on any atom is -0.373 e. The Balaban J connectivity index is 1.53. The van der Waals surface area contributed by atoms with Gasteiger partial charge < -0.3 is 10.1 Å². The first-order valence-corrected chi connectivity index (χ1v) is 7.24. The SMILES string of the molecule is O=C(Cc1ccn[nH]1)NC[C@H]1CCO[C@@H]1c1ccccc1. The van der Waals surface area contributed by atoms with Crippen molar-refractivity contribution in [1.29, 1.82) is 0 Å². The van der Waals surface area contributed by atoms with Crippen LogP contribution in [0.25, 0.3) is 0 Å². The van der Waals surface area contributed by atoms with E-state index in [2.05, 4.69) is 27.6 Å². The molecule has 1 saturated heterocycles. The van der Waals surface area contributed by atoms with Crippen molar-refractivity contribution in [2.24, 2.45) is 5.92 Å². The van der Waals surface area contributed by atoms with Crippen LogP contribution >= 0.6 is 0 Å². The molecule has 5 nitrogen and oxygen atoms in total. The number of H-pyrrole nitrogens is 1. The molecule has 0 unspecified atom stereocenters. The highest BCUT2D eigenvalue weighted by molar-refractivity contribution is 5.78. The van der Waals surface area contributed by atoms with Crippen LogP contribution in [0.4, 0.5) is 0 Å². The monoisotopic (exact) mass is 285 g/mol. The van der Waals surface area contributed by atoms with Crippen molar-refractivity contribution >= 4 is 5.91 Å². The molecule has 2 aromatic rings. The van der Waals surface area contributed by atoms with Crippen LogP contribution in [0.2, 0.25) is 0 Å². The Kier molecular flexibility index (Phi) is 4.31. The van der Waals surface area contributed by atoms with Gasteiger partial charge in [0.05, 0.1) is 12.5 Å². The zero-order valence-electron chi connectivity index (χ0n) is 11.8. The van der Waals surface area contributed by atoms with E-state index in [1.807, 2.05) is 24.3 Å². The molecule has 5 heteroatoms. The van der Waals surface area contributed by atoms with E-state index in [-0.39, 0.29) is 12.0 Å². The average Bonchev–Trinajstić information content (AvgIpc) is 3.17. The Morgan fingerprint density at radius 2 is 2.19 bits per heavy atom. The summed E-state index contributed by atoms with van der Waals surface area (Å²) in [6, 6.07) is 12.0. The lowest BCUT2D eigenvalue weighted by Crippen LogP contribution is -2.31. The van der Waals surface area contributed by atoms with Crippen LogP contribution in [-0.4, -0.2) is 29.3 Å². The number of rotatable bonds is 5. The van der Waals surface area contributed by atoms with Crippen LogP contribution in [0, 0.1) is 5.92 Å². The molecule has 0 radical (unpaired) electrons. The number of benzene rings is 1. The zero-order valence-corrected chi connectivity index (χ0v) is 11.8. The van der Waals surface area contributed by atoms with Gasteiger partial charge in [-0.1, -0.05) is 30.3 Å². The van der Waals surface area contributed by atoms with Crippen molar-refractivity contribution in [3.63, 3.8) is 0 Å². The normalized spacial score (nSPS) is 21.3. The number of carbonyl (C=O) groups is 1. The number of hydrogen-bond acceptors (Lipinski definition) is 3. The molecular formula is C16H19N3O2. The number of aromatic nitrogens is 2. The van der Waals surface area contributed by atoms with Gasteiger partial charge in [0.15, 0.2) is 0 Å². The number of nitrogens with zero attached hydrogens (tertiary/aromatic N) is 1. The lowest BCUT2D eigenvalue weighted by molar-refractivity contribution is -0.120. The maximum Gasteiger partial charge on any atom is 0.226 e. The van der Waals surface area contributed by atoms with Gasteiger partial charge in [0, 0.05) is 31.0 Å². The molecule has 1 aliphatic rings. The van der Waals surface area contributed by atoms with E-state index < -0.39 is 0 Å². The highest BCUT2D eigenvalue weighted by Crippen LogP contribution is 2.33. The topological polar surface area (TPSA) is 67.0 Å². The fraction of sp³-hybridized carbons (Fsp3) is 0.375. The van der Waals surface area contributed by atoms with Crippen LogP contribution in [0.1, 0.15) is 23.8 Å². The highest BCUT2D eigenvalue weighted by atomic mass is 16.5. The summed E-state index contributed by atoms with van der Waals surface area (Å²) in [6.07, 6.45) is 3.05. The fourth-order valence-electron chi connectivity index (χ4n) is 2.72. The second-order valence-corrected chi connectivity index (χ2v) is 5.31. The van der Waals surface area contributed by atoms with Crippen LogP contribution in [-0.2, 0) is 16.0 Å². The molecule has 3 rings (SSSR count). The Morgan fingerprint density at radius 1 is 1.33 bits per heavy atom. The number of hydrogen-bond donors (Lipinski definition) is 2. The standard InChI is InChI=1S/C16H19N3O2/c20-15(10-14-6-8-18-19-14)17-11-13-7-9-21-16(13)12-4-2-1-3-5-12/h1-6,8,13,16H,7,9-11H2,(H,17,20)(H,18,19)/t13-,16-/m1/s1. The third-order valence-corrected chi connectivity index (χ3v) is 3.81. The van der Waals surface area contributed by atoms with Crippen LogP contribution in [0.5, 0.6) is 0 Å². The highest BCUT2D eigenvalue weighted by Gasteiger charge is 2.29. The van der Waals surface area contributed by atoms with Gasteiger partial charge in [0.1, 0.15) is 0 Å². The van der Waals surface area contributed by atoms with Gasteiger partial charge in [0.25, 0.3) is 0 Å². The van der Waals surface area contributed by atoms with Gasteiger partial charge in [-0.3, -0.25) is 9.89 Å². The predicted molar refractivity (Wildman–Crippen MR) is 78.5 cm³/mol. The molecule has 1 aromatic carbocycles. The predicted octanol–water partition coefficient (Wildman–Crippen LogP) is 1.85. The van der Waals surface area contributed by atoms with Gasteiger partial charge in [0.2, 0.25) is 5.91 Å². The third-order valence-electron chi connectivity index (χ3n) is 3.81. The fourth-order valence-corrected chi connectivity index (χ4v) is 2.72. The van der Waals surface area contributed by atoms with Crippen LogP contribution in [0.3, 0.4) is 0 Å². The molecule has 1 fully saturated rings. The molecule has 1 aliphatic heterocycles. The van der Waals surface area contributed by atoms with Gasteiger partial charge >= 0.3 is 0 Å². The number of aromatic amines is 1. The molecule has 2 heterocycles. The van der Waals surface area contributed by atoms with E-state index in [4.69, 9.17) is 4.74 Å². The zero-order chi connectivity index (χ0) is 14.5. The van der Waals surface area contributed by atoms with Crippen molar-refractivity contribution in [1.82, 2.24) is 15.5 Å². The summed E-state index contributed by atoms with van der Waals surface area (Å²) in [5, 5.41) is 9.63. The summed E-state index contributed by atoms with van der Waals surface area (Å²) in [6.45, 7) is 1.40. The maximum atomic E-state index is 11.9. The Bertz CT molecular complexity index is 568. The van der Waals surface area contributed by atoms with E-state index in [9.17, 15) is 4.79 Å². The Hall–Kier alpha value is -2.14. The second-order valence-electron chi connectivity index (χ2n) is 5.31. The van der Waals surface area contributed by atoms with E-state index in [1.165, 1.54) is 5.56 Å². The molecule has 0 bridgehead atoms. The van der Waals surface area contributed by atoms with Gasteiger partial charge in [-0.15, -0.1) is 0 Å². The first-order chi connectivity index (χ1) is 10.3.